The first-order valence-corrected chi connectivity index (χ1v) is 11.0. The highest BCUT2D eigenvalue weighted by molar-refractivity contribution is 5.79. The van der Waals surface area contributed by atoms with Crippen molar-refractivity contribution in [3.8, 4) is 5.75 Å². The number of fused-ring (bicyclic) bond motifs is 1. The van der Waals surface area contributed by atoms with E-state index < -0.39 is 0 Å². The van der Waals surface area contributed by atoms with E-state index >= 15 is 0 Å². The molecular weight excluding hydrogens is 371 g/mol. The number of hydrogen-bond acceptors (Lipinski definition) is 4. The number of likely N-dealkylation sites (tertiary alicyclic amines) is 1. The standard InChI is InChI=1S/C22H35FN4O2/c1-2-24-22(25-9-7-13-27-11-5-3-4-6-12-27)26-10-8-18-14-20(23)15-19-16-28-17-29-21(18)19/h14-15H,2-13,16-17H2,1H3,(H2,24,25,26). The summed E-state index contributed by atoms with van der Waals surface area (Å²) in [7, 11) is 0. The van der Waals surface area contributed by atoms with Crippen molar-refractivity contribution in [2.24, 2.45) is 4.99 Å². The number of nitrogens with one attached hydrogen (secondary N) is 2. The number of benzene rings is 1. The summed E-state index contributed by atoms with van der Waals surface area (Å²) in [5.74, 6) is 1.33. The van der Waals surface area contributed by atoms with E-state index in [1.54, 1.807) is 6.07 Å². The van der Waals surface area contributed by atoms with E-state index in [1.165, 1.54) is 44.8 Å². The van der Waals surface area contributed by atoms with Crippen LogP contribution >= 0.6 is 0 Å². The molecule has 0 aromatic heterocycles. The Hall–Kier alpha value is -1.86. The van der Waals surface area contributed by atoms with E-state index in [0.29, 0.717) is 19.6 Å². The fraction of sp³-hybridized carbons (Fsp3) is 0.682. The molecule has 0 spiro atoms. The van der Waals surface area contributed by atoms with Gasteiger partial charge in [-0.25, -0.2) is 4.39 Å². The van der Waals surface area contributed by atoms with Gasteiger partial charge in [-0.15, -0.1) is 0 Å². The summed E-state index contributed by atoms with van der Waals surface area (Å²) in [6.07, 6.45) is 7.13. The monoisotopic (exact) mass is 406 g/mol. The highest BCUT2D eigenvalue weighted by Gasteiger charge is 2.16. The van der Waals surface area contributed by atoms with Gasteiger partial charge in [-0.2, -0.15) is 0 Å². The van der Waals surface area contributed by atoms with Crippen molar-refractivity contribution in [2.75, 3.05) is 46.1 Å². The molecule has 2 heterocycles. The second-order valence-corrected chi connectivity index (χ2v) is 7.71. The normalized spacial score (nSPS) is 17.9. The fourth-order valence-corrected chi connectivity index (χ4v) is 3.94. The molecule has 0 radical (unpaired) electrons. The molecule has 1 aromatic rings. The minimum atomic E-state index is -0.248. The fourth-order valence-electron chi connectivity index (χ4n) is 3.94. The van der Waals surface area contributed by atoms with Gasteiger partial charge in [0.15, 0.2) is 12.8 Å². The lowest BCUT2D eigenvalue weighted by atomic mass is 10.1. The molecule has 162 valence electrons. The van der Waals surface area contributed by atoms with Crippen LogP contribution in [0.4, 0.5) is 4.39 Å². The van der Waals surface area contributed by atoms with Crippen LogP contribution in [0.3, 0.4) is 0 Å². The molecule has 0 saturated carbocycles. The molecule has 0 atom stereocenters. The third-order valence-electron chi connectivity index (χ3n) is 5.38. The Kier molecular flexibility index (Phi) is 9.02. The Labute approximate surface area is 173 Å². The van der Waals surface area contributed by atoms with Crippen LogP contribution in [0.5, 0.6) is 5.75 Å². The van der Waals surface area contributed by atoms with Gasteiger partial charge >= 0.3 is 0 Å². The van der Waals surface area contributed by atoms with E-state index in [-0.39, 0.29) is 12.6 Å². The maximum atomic E-state index is 13.9. The van der Waals surface area contributed by atoms with E-state index in [2.05, 4.69) is 22.5 Å². The van der Waals surface area contributed by atoms with E-state index in [4.69, 9.17) is 14.5 Å². The highest BCUT2D eigenvalue weighted by atomic mass is 19.1. The minimum Gasteiger partial charge on any atom is -0.467 e. The second kappa shape index (κ2) is 12.0. The summed E-state index contributed by atoms with van der Waals surface area (Å²) in [6, 6.07) is 3.04. The molecule has 2 aliphatic heterocycles. The van der Waals surface area contributed by atoms with Gasteiger partial charge in [-0.3, -0.25) is 4.99 Å². The molecular formula is C22H35FN4O2. The zero-order valence-corrected chi connectivity index (χ0v) is 17.6. The smallest absolute Gasteiger partial charge is 0.191 e. The van der Waals surface area contributed by atoms with Crippen molar-refractivity contribution in [3.05, 3.63) is 29.1 Å². The molecule has 2 aliphatic rings. The largest absolute Gasteiger partial charge is 0.467 e. The summed E-state index contributed by atoms with van der Waals surface area (Å²) >= 11 is 0. The Morgan fingerprint density at radius 3 is 2.79 bits per heavy atom. The second-order valence-electron chi connectivity index (χ2n) is 7.71. The zero-order chi connectivity index (χ0) is 20.3. The van der Waals surface area contributed by atoms with Crippen molar-refractivity contribution in [2.45, 2.75) is 52.1 Å². The molecule has 2 N–H and O–H groups in total. The molecule has 7 heteroatoms. The van der Waals surface area contributed by atoms with Crippen LogP contribution < -0.4 is 15.4 Å². The Bertz CT molecular complexity index is 660. The van der Waals surface area contributed by atoms with Gasteiger partial charge in [0.2, 0.25) is 0 Å². The summed E-state index contributed by atoms with van der Waals surface area (Å²) < 4.78 is 24.7. The van der Waals surface area contributed by atoms with Crippen LogP contribution in [0.25, 0.3) is 0 Å². The quantitative estimate of drug-likeness (QED) is 0.395. The Morgan fingerprint density at radius 2 is 2.00 bits per heavy atom. The van der Waals surface area contributed by atoms with E-state index in [1.807, 2.05) is 0 Å². The molecule has 3 rings (SSSR count). The molecule has 29 heavy (non-hydrogen) atoms. The average Bonchev–Trinajstić information content (AvgIpc) is 3.00. The van der Waals surface area contributed by atoms with Crippen molar-refractivity contribution >= 4 is 5.96 Å². The van der Waals surface area contributed by atoms with Gasteiger partial charge in [-0.1, -0.05) is 12.8 Å². The van der Waals surface area contributed by atoms with Crippen LogP contribution in [-0.4, -0.2) is 56.9 Å². The summed E-state index contributed by atoms with van der Waals surface area (Å²) in [5.41, 5.74) is 1.65. The van der Waals surface area contributed by atoms with Gasteiger partial charge in [0, 0.05) is 25.2 Å². The van der Waals surface area contributed by atoms with E-state index in [0.717, 1.165) is 48.9 Å². The lowest BCUT2D eigenvalue weighted by Crippen LogP contribution is -2.38. The summed E-state index contributed by atoms with van der Waals surface area (Å²) in [5, 5.41) is 6.65. The first-order chi connectivity index (χ1) is 14.3. The predicted molar refractivity (Wildman–Crippen MR) is 114 cm³/mol. The zero-order valence-electron chi connectivity index (χ0n) is 17.6. The molecule has 1 fully saturated rings. The van der Waals surface area contributed by atoms with Crippen molar-refractivity contribution < 1.29 is 13.9 Å². The number of guanidine groups is 1. The van der Waals surface area contributed by atoms with Gasteiger partial charge in [0.05, 0.1) is 6.61 Å². The first-order valence-electron chi connectivity index (χ1n) is 11.0. The molecule has 0 unspecified atom stereocenters. The van der Waals surface area contributed by atoms with Crippen LogP contribution in [0.15, 0.2) is 17.1 Å². The highest BCUT2D eigenvalue weighted by Crippen LogP contribution is 2.29. The van der Waals surface area contributed by atoms with Crippen LogP contribution in [-0.2, 0) is 17.8 Å². The SMILES string of the molecule is CCNC(=NCCCN1CCCCCC1)NCCc1cc(F)cc2c1OCOC2. The van der Waals surface area contributed by atoms with Gasteiger partial charge in [0.25, 0.3) is 0 Å². The Balaban J connectivity index is 1.45. The Morgan fingerprint density at radius 1 is 1.17 bits per heavy atom. The van der Waals surface area contributed by atoms with Gasteiger partial charge < -0.3 is 25.0 Å². The van der Waals surface area contributed by atoms with Gasteiger partial charge in [-0.05, 0) is 69.9 Å². The third-order valence-corrected chi connectivity index (χ3v) is 5.38. The molecule has 6 nitrogen and oxygen atoms in total. The number of aliphatic imine (C=N–C) groups is 1. The first kappa shape index (κ1) is 21.8. The summed E-state index contributed by atoms with van der Waals surface area (Å²) in [6.45, 7) is 8.55. The van der Waals surface area contributed by atoms with Crippen molar-refractivity contribution in [1.82, 2.24) is 15.5 Å². The summed E-state index contributed by atoms with van der Waals surface area (Å²) in [4.78, 5) is 7.27. The molecule has 0 amide bonds. The van der Waals surface area contributed by atoms with Crippen molar-refractivity contribution in [3.63, 3.8) is 0 Å². The average molecular weight is 407 g/mol. The molecule has 1 aromatic carbocycles. The number of hydrogen-bond donors (Lipinski definition) is 2. The molecule has 1 saturated heterocycles. The minimum absolute atomic E-state index is 0.222. The van der Waals surface area contributed by atoms with Crippen LogP contribution in [0.1, 0.15) is 50.2 Å². The number of halogens is 1. The lowest BCUT2D eigenvalue weighted by Gasteiger charge is -2.21. The van der Waals surface area contributed by atoms with Crippen LogP contribution in [0, 0.1) is 5.82 Å². The van der Waals surface area contributed by atoms with Crippen LogP contribution in [0.2, 0.25) is 0 Å². The molecule has 0 aliphatic carbocycles. The maximum Gasteiger partial charge on any atom is 0.191 e. The van der Waals surface area contributed by atoms with E-state index in [9.17, 15) is 4.39 Å². The maximum absolute atomic E-state index is 13.9. The number of nitrogens with zero attached hydrogens (tertiary/aromatic N) is 2. The lowest BCUT2D eigenvalue weighted by molar-refractivity contribution is -0.0172. The topological polar surface area (TPSA) is 58.1 Å². The number of rotatable bonds is 8. The van der Waals surface area contributed by atoms with Crippen molar-refractivity contribution in [1.29, 1.82) is 0 Å². The number of ether oxygens (including phenoxy) is 2. The third kappa shape index (κ3) is 7.16. The predicted octanol–water partition coefficient (Wildman–Crippen LogP) is 3.06. The van der Waals surface area contributed by atoms with Gasteiger partial charge in [0.1, 0.15) is 11.6 Å². The molecule has 0 bridgehead atoms.